The summed E-state index contributed by atoms with van der Waals surface area (Å²) >= 11 is 0. The van der Waals surface area contributed by atoms with Crippen LogP contribution in [0, 0.1) is 0 Å². The van der Waals surface area contributed by atoms with Crippen LogP contribution in [0.1, 0.15) is 50.7 Å². The second-order valence-electron chi connectivity index (χ2n) is 3.52. The zero-order valence-electron chi connectivity index (χ0n) is 8.14. The van der Waals surface area contributed by atoms with Gasteiger partial charge in [0, 0.05) is 0 Å². The monoisotopic (exact) mass is 182 g/mol. The Morgan fingerprint density at radius 3 is 2.83 bits per heavy atom. The van der Waals surface area contributed by atoms with Crippen LogP contribution in [0.25, 0.3) is 0 Å². The molecule has 0 radical (unpaired) electrons. The highest BCUT2D eigenvalue weighted by Crippen LogP contribution is 2.28. The van der Waals surface area contributed by atoms with E-state index in [1.54, 1.807) is 5.30 Å². The van der Waals surface area contributed by atoms with E-state index in [2.05, 4.69) is 31.8 Å². The zero-order valence-corrected chi connectivity index (χ0v) is 9.14. The molecule has 0 fully saturated rings. The average Bonchev–Trinajstić information content (AvgIpc) is 2.56. The van der Waals surface area contributed by atoms with Crippen molar-refractivity contribution in [3.05, 3.63) is 23.2 Å². The van der Waals surface area contributed by atoms with Crippen LogP contribution in [0.2, 0.25) is 0 Å². The summed E-state index contributed by atoms with van der Waals surface area (Å²) in [6.07, 6.45) is 5.52. The van der Waals surface area contributed by atoms with E-state index in [1.165, 1.54) is 25.7 Å². The Labute approximate surface area is 77.5 Å². The summed E-state index contributed by atoms with van der Waals surface area (Å²) in [6, 6.07) is 4.50. The molecule has 12 heavy (non-hydrogen) atoms. The van der Waals surface area contributed by atoms with Crippen LogP contribution < -0.4 is 0 Å². The van der Waals surface area contributed by atoms with Crippen LogP contribution in [-0.4, -0.2) is 0 Å². The van der Waals surface area contributed by atoms with Crippen LogP contribution >= 0.6 is 8.19 Å². The van der Waals surface area contributed by atoms with Gasteiger partial charge in [0.25, 0.3) is 0 Å². The third kappa shape index (κ3) is 3.03. The molecule has 0 saturated heterocycles. The molecule has 2 unspecified atom stereocenters. The second-order valence-corrected chi connectivity index (χ2v) is 4.72. The lowest BCUT2D eigenvalue weighted by Gasteiger charge is -2.08. The van der Waals surface area contributed by atoms with Gasteiger partial charge in [-0.2, -0.15) is 0 Å². The molecule has 0 bridgehead atoms. The summed E-state index contributed by atoms with van der Waals surface area (Å²) in [6.45, 7) is 4.63. The minimum atomic E-state index is 0.824. The molecule has 0 spiro atoms. The van der Waals surface area contributed by atoms with E-state index in [4.69, 9.17) is 0 Å². The summed E-state index contributed by atoms with van der Waals surface area (Å²) in [7, 11) is 0.973. The maximum absolute atomic E-state index is 2.36. The maximum Gasteiger partial charge on any atom is -0.0155 e. The Morgan fingerprint density at radius 1 is 1.42 bits per heavy atom. The van der Waals surface area contributed by atoms with E-state index in [0.29, 0.717) is 0 Å². The average molecular weight is 182 g/mol. The fourth-order valence-electron chi connectivity index (χ4n) is 1.51. The Bertz CT molecular complexity index is 189. The maximum atomic E-state index is 2.36. The molecule has 0 aromatic carbocycles. The van der Waals surface area contributed by atoms with Crippen LogP contribution in [0.5, 0.6) is 0 Å². The van der Waals surface area contributed by atoms with Crippen LogP contribution in [0.4, 0.5) is 0 Å². The standard InChI is InChI=1S/C11H19P/c1-3-4-5-7-10(2)11-8-6-9-12-11/h6,8-10,12H,3-5,7H2,1-2H3. The van der Waals surface area contributed by atoms with Gasteiger partial charge in [0.15, 0.2) is 0 Å². The minimum absolute atomic E-state index is 0.824. The molecule has 0 aliphatic heterocycles. The third-order valence-corrected chi connectivity index (χ3v) is 3.75. The summed E-state index contributed by atoms with van der Waals surface area (Å²) in [5.41, 5.74) is 0. The molecule has 1 rings (SSSR count). The molecule has 0 aliphatic rings. The summed E-state index contributed by atoms with van der Waals surface area (Å²) in [5.74, 6) is 3.11. The van der Waals surface area contributed by atoms with Gasteiger partial charge in [0.2, 0.25) is 0 Å². The van der Waals surface area contributed by atoms with Crippen molar-refractivity contribution >= 4 is 8.19 Å². The van der Waals surface area contributed by atoms with Gasteiger partial charge in [-0.25, -0.2) is 0 Å². The quantitative estimate of drug-likeness (QED) is 0.592. The molecule has 0 amide bonds. The number of hydrogen-bond acceptors (Lipinski definition) is 0. The predicted molar refractivity (Wildman–Crippen MR) is 58.5 cm³/mol. The first-order chi connectivity index (χ1) is 5.84. The third-order valence-electron chi connectivity index (χ3n) is 2.39. The van der Waals surface area contributed by atoms with Gasteiger partial charge in [-0.15, -0.1) is 8.19 Å². The van der Waals surface area contributed by atoms with Crippen LogP contribution in [-0.2, 0) is 0 Å². The van der Waals surface area contributed by atoms with E-state index in [9.17, 15) is 0 Å². The first-order valence-electron chi connectivity index (χ1n) is 4.98. The lowest BCUT2D eigenvalue weighted by Crippen LogP contribution is -1.88. The van der Waals surface area contributed by atoms with Crippen LogP contribution in [0.15, 0.2) is 17.9 Å². The smallest absolute Gasteiger partial charge is 0.0155 e. The lowest BCUT2D eigenvalue weighted by molar-refractivity contribution is 0.604. The second kappa shape index (κ2) is 5.43. The molecule has 2 atom stereocenters. The molecule has 1 aromatic rings. The number of unbranched alkanes of at least 4 members (excludes halogenated alkanes) is 2. The molecular weight excluding hydrogens is 163 g/mol. The zero-order chi connectivity index (χ0) is 8.81. The molecule has 1 aromatic heterocycles. The van der Waals surface area contributed by atoms with Crippen LogP contribution in [0.3, 0.4) is 0 Å². The Balaban J connectivity index is 2.25. The van der Waals surface area contributed by atoms with E-state index in [-0.39, 0.29) is 0 Å². The summed E-state index contributed by atoms with van der Waals surface area (Å²) in [4.78, 5) is 0. The SMILES string of the molecule is CCCCCC(C)c1ccc[pH]1. The van der Waals surface area contributed by atoms with Crippen molar-refractivity contribution in [2.75, 3.05) is 0 Å². The van der Waals surface area contributed by atoms with Gasteiger partial charge in [-0.3, -0.25) is 0 Å². The molecule has 68 valence electrons. The molecule has 0 saturated carbocycles. The normalized spacial score (nSPS) is 13.8. The van der Waals surface area contributed by atoms with Crippen molar-refractivity contribution in [1.82, 2.24) is 0 Å². The predicted octanol–water partition coefficient (Wildman–Crippen LogP) is 4.40. The van der Waals surface area contributed by atoms with Gasteiger partial charge in [0.1, 0.15) is 0 Å². The fourth-order valence-corrected chi connectivity index (χ4v) is 2.51. The molecular formula is C11H19P. The Hall–Kier alpha value is -0.220. The first-order valence-corrected chi connectivity index (χ1v) is 6.05. The van der Waals surface area contributed by atoms with Crippen molar-refractivity contribution in [1.29, 1.82) is 0 Å². The van der Waals surface area contributed by atoms with E-state index < -0.39 is 0 Å². The highest BCUT2D eigenvalue weighted by Gasteiger charge is 2.03. The lowest BCUT2D eigenvalue weighted by atomic mass is 10.0. The van der Waals surface area contributed by atoms with Gasteiger partial charge in [0.05, 0.1) is 0 Å². The molecule has 1 heterocycles. The highest BCUT2D eigenvalue weighted by molar-refractivity contribution is 7.30. The molecule has 0 nitrogen and oxygen atoms in total. The van der Waals surface area contributed by atoms with Crippen molar-refractivity contribution in [3.63, 3.8) is 0 Å². The van der Waals surface area contributed by atoms with Crippen molar-refractivity contribution < 1.29 is 0 Å². The van der Waals surface area contributed by atoms with Gasteiger partial charge >= 0.3 is 0 Å². The Kier molecular flexibility index (Phi) is 4.46. The van der Waals surface area contributed by atoms with E-state index in [1.807, 2.05) is 0 Å². The molecule has 1 heteroatoms. The van der Waals surface area contributed by atoms with Crippen molar-refractivity contribution in [2.45, 2.75) is 45.4 Å². The van der Waals surface area contributed by atoms with Gasteiger partial charge in [-0.1, -0.05) is 45.2 Å². The highest BCUT2D eigenvalue weighted by atomic mass is 31.0. The fraction of sp³-hybridized carbons (Fsp3) is 0.636. The topological polar surface area (TPSA) is 0 Å². The summed E-state index contributed by atoms with van der Waals surface area (Å²) in [5, 5.41) is 1.66. The van der Waals surface area contributed by atoms with Crippen molar-refractivity contribution in [3.8, 4) is 0 Å². The molecule has 0 aliphatic carbocycles. The first kappa shape index (κ1) is 9.86. The van der Waals surface area contributed by atoms with E-state index >= 15 is 0 Å². The Morgan fingerprint density at radius 2 is 2.25 bits per heavy atom. The molecule has 0 N–H and O–H groups in total. The van der Waals surface area contributed by atoms with Crippen molar-refractivity contribution in [2.24, 2.45) is 0 Å². The van der Waals surface area contributed by atoms with Gasteiger partial charge in [-0.05, 0) is 23.4 Å². The largest absolute Gasteiger partial charge is 0.136 e. The van der Waals surface area contributed by atoms with E-state index in [0.717, 1.165) is 14.1 Å². The van der Waals surface area contributed by atoms with Gasteiger partial charge < -0.3 is 0 Å². The minimum Gasteiger partial charge on any atom is -0.136 e. The summed E-state index contributed by atoms with van der Waals surface area (Å²) < 4.78 is 0. The number of hydrogen-bond donors (Lipinski definition) is 0. The number of rotatable bonds is 5.